The summed E-state index contributed by atoms with van der Waals surface area (Å²) in [5.74, 6) is -1.19. The minimum absolute atomic E-state index is 0.0774. The summed E-state index contributed by atoms with van der Waals surface area (Å²) in [6.45, 7) is 4.89. The molecule has 4 rings (SSSR count). The van der Waals surface area contributed by atoms with Gasteiger partial charge in [-0.3, -0.25) is 9.78 Å². The van der Waals surface area contributed by atoms with E-state index in [0.29, 0.717) is 31.9 Å². The Hall–Kier alpha value is -3.64. The molecule has 0 saturated carbocycles. The molecule has 0 aliphatic carbocycles. The molecule has 1 aromatic heterocycles. The minimum atomic E-state index is -4.72. The van der Waals surface area contributed by atoms with Crippen molar-refractivity contribution >= 4 is 34.1 Å². The van der Waals surface area contributed by atoms with Crippen molar-refractivity contribution in [3.63, 3.8) is 0 Å². The molecule has 0 unspecified atom stereocenters. The van der Waals surface area contributed by atoms with Gasteiger partial charge in [0.15, 0.2) is 0 Å². The molecule has 2 aromatic carbocycles. The number of nitrogens with zero attached hydrogens (tertiary/aromatic N) is 4. The van der Waals surface area contributed by atoms with Crippen LogP contribution in [0.3, 0.4) is 0 Å². The number of benzene rings is 2. The zero-order valence-corrected chi connectivity index (χ0v) is 18.4. The number of rotatable bonds is 3. The van der Waals surface area contributed by atoms with E-state index >= 15 is 4.39 Å². The largest absolute Gasteiger partial charge is 0.417 e. The van der Waals surface area contributed by atoms with E-state index in [1.807, 2.05) is 11.0 Å². The fraction of sp³-hybridized carbons (Fsp3) is 0.208. The quantitative estimate of drug-likeness (QED) is 0.365. The van der Waals surface area contributed by atoms with E-state index in [0.717, 1.165) is 18.2 Å². The Morgan fingerprint density at radius 2 is 1.88 bits per heavy atom. The Morgan fingerprint density at radius 1 is 1.21 bits per heavy atom. The molecule has 1 aliphatic heterocycles. The Bertz CT molecular complexity index is 1340. The van der Waals surface area contributed by atoms with E-state index in [1.165, 1.54) is 24.4 Å². The summed E-state index contributed by atoms with van der Waals surface area (Å²) in [5.41, 5.74) is -1.22. The van der Waals surface area contributed by atoms with Crippen molar-refractivity contribution in [1.82, 2.24) is 9.88 Å². The molecule has 0 N–H and O–H groups in total. The van der Waals surface area contributed by atoms with Gasteiger partial charge in [-0.05, 0) is 23.8 Å². The van der Waals surface area contributed by atoms with Crippen molar-refractivity contribution in [2.45, 2.75) is 6.18 Å². The van der Waals surface area contributed by atoms with Crippen LogP contribution in [0, 0.1) is 17.1 Å². The Kier molecular flexibility index (Phi) is 6.19. The van der Waals surface area contributed by atoms with Crippen molar-refractivity contribution in [3.8, 4) is 17.2 Å². The molecule has 3 aromatic rings. The highest BCUT2D eigenvalue weighted by Crippen LogP contribution is 2.44. The number of hydrogen-bond acceptors (Lipinski definition) is 4. The Morgan fingerprint density at radius 3 is 2.50 bits per heavy atom. The van der Waals surface area contributed by atoms with Crippen LogP contribution >= 0.6 is 11.6 Å². The molecule has 0 radical (unpaired) electrons. The molecular formula is C24H17ClF4N4O. The van der Waals surface area contributed by atoms with Gasteiger partial charge in [0, 0.05) is 43.3 Å². The lowest BCUT2D eigenvalue weighted by Gasteiger charge is -2.36. The third kappa shape index (κ3) is 4.05. The molecule has 1 fully saturated rings. The molecule has 1 aliphatic rings. The SMILES string of the molecule is C=CC(=O)N1CCN(c2c(C#N)cnc3c(Cl)c(-c4ccccc4C(F)(F)F)c(F)cc23)CC1. The first kappa shape index (κ1) is 23.5. The van der Waals surface area contributed by atoms with E-state index in [-0.39, 0.29) is 27.4 Å². The Balaban J connectivity index is 1.88. The van der Waals surface area contributed by atoms with E-state index in [1.54, 1.807) is 4.90 Å². The smallest absolute Gasteiger partial charge is 0.366 e. The molecule has 34 heavy (non-hydrogen) atoms. The van der Waals surface area contributed by atoms with Crippen LogP contribution in [0.5, 0.6) is 0 Å². The number of carbonyl (C=O) groups is 1. The van der Waals surface area contributed by atoms with Crippen LogP contribution in [-0.4, -0.2) is 42.0 Å². The number of pyridine rings is 1. The number of piperazine rings is 1. The molecule has 0 spiro atoms. The number of anilines is 1. The highest BCUT2D eigenvalue weighted by molar-refractivity contribution is 6.38. The average molecular weight is 489 g/mol. The highest BCUT2D eigenvalue weighted by Gasteiger charge is 2.35. The van der Waals surface area contributed by atoms with Gasteiger partial charge in [0.25, 0.3) is 0 Å². The number of halogens is 5. The number of fused-ring (bicyclic) bond motifs is 1. The summed E-state index contributed by atoms with van der Waals surface area (Å²) in [6, 6.07) is 7.68. The van der Waals surface area contributed by atoms with E-state index in [9.17, 15) is 23.2 Å². The summed E-state index contributed by atoms with van der Waals surface area (Å²) in [7, 11) is 0. The van der Waals surface area contributed by atoms with Gasteiger partial charge in [-0.2, -0.15) is 18.4 Å². The van der Waals surface area contributed by atoms with Gasteiger partial charge in [-0.1, -0.05) is 36.4 Å². The fourth-order valence-electron chi connectivity index (χ4n) is 4.15. The first-order valence-corrected chi connectivity index (χ1v) is 10.6. The van der Waals surface area contributed by atoms with Crippen LogP contribution in [0.1, 0.15) is 11.1 Å². The van der Waals surface area contributed by atoms with Crippen molar-refractivity contribution in [2.24, 2.45) is 0 Å². The topological polar surface area (TPSA) is 60.2 Å². The normalized spacial score (nSPS) is 14.2. The number of hydrogen-bond donors (Lipinski definition) is 0. The van der Waals surface area contributed by atoms with Crippen LogP contribution < -0.4 is 4.90 Å². The van der Waals surface area contributed by atoms with Crippen LogP contribution in [-0.2, 0) is 11.0 Å². The minimum Gasteiger partial charge on any atom is -0.366 e. The monoisotopic (exact) mass is 488 g/mol. The summed E-state index contributed by atoms with van der Waals surface area (Å²) in [4.78, 5) is 19.5. The predicted molar refractivity (Wildman–Crippen MR) is 121 cm³/mol. The summed E-state index contributed by atoms with van der Waals surface area (Å²) in [6.07, 6.45) is -2.23. The van der Waals surface area contributed by atoms with Crippen molar-refractivity contribution in [3.05, 3.63) is 71.2 Å². The second-order valence-corrected chi connectivity index (χ2v) is 8.01. The van der Waals surface area contributed by atoms with Gasteiger partial charge < -0.3 is 9.80 Å². The van der Waals surface area contributed by atoms with Crippen molar-refractivity contribution in [2.75, 3.05) is 31.1 Å². The second-order valence-electron chi connectivity index (χ2n) is 7.64. The number of amides is 1. The van der Waals surface area contributed by atoms with Crippen molar-refractivity contribution < 1.29 is 22.4 Å². The van der Waals surface area contributed by atoms with E-state index in [4.69, 9.17) is 11.6 Å². The molecule has 0 atom stereocenters. The standard InChI is InChI=1S/C24H17ClF4N4O/c1-2-19(34)32-7-9-33(10-8-32)23-14(12-30)13-31-22-16(23)11-18(26)20(21(22)25)15-5-3-4-6-17(15)24(27,28)29/h2-6,11,13H,1,7-10H2. The first-order valence-electron chi connectivity index (χ1n) is 10.2. The highest BCUT2D eigenvalue weighted by atomic mass is 35.5. The first-order chi connectivity index (χ1) is 16.2. The Labute approximate surface area is 197 Å². The summed E-state index contributed by atoms with van der Waals surface area (Å²) >= 11 is 6.46. The molecule has 5 nitrogen and oxygen atoms in total. The van der Waals surface area contributed by atoms with E-state index < -0.39 is 28.7 Å². The van der Waals surface area contributed by atoms with Crippen LogP contribution in [0.2, 0.25) is 5.02 Å². The number of aromatic nitrogens is 1. The third-order valence-corrected chi connectivity index (χ3v) is 6.10. The van der Waals surface area contributed by atoms with Gasteiger partial charge in [-0.15, -0.1) is 0 Å². The van der Waals surface area contributed by atoms with Gasteiger partial charge in [0.05, 0.1) is 27.4 Å². The zero-order valence-electron chi connectivity index (χ0n) is 17.7. The van der Waals surface area contributed by atoms with Crippen LogP contribution in [0.15, 0.2) is 49.2 Å². The average Bonchev–Trinajstić information content (AvgIpc) is 2.82. The van der Waals surface area contributed by atoms with Gasteiger partial charge in [0.1, 0.15) is 11.9 Å². The van der Waals surface area contributed by atoms with Gasteiger partial charge in [0.2, 0.25) is 5.91 Å². The molecule has 0 bridgehead atoms. The summed E-state index contributed by atoms with van der Waals surface area (Å²) in [5, 5.41) is 9.56. The van der Waals surface area contributed by atoms with Gasteiger partial charge >= 0.3 is 6.18 Å². The molecule has 1 saturated heterocycles. The molecule has 1 amide bonds. The molecule has 2 heterocycles. The zero-order chi connectivity index (χ0) is 24.6. The van der Waals surface area contributed by atoms with Crippen LogP contribution in [0.4, 0.5) is 23.2 Å². The molecular weight excluding hydrogens is 472 g/mol. The summed E-state index contributed by atoms with van der Waals surface area (Å²) < 4.78 is 56.1. The number of alkyl halides is 3. The maximum atomic E-state index is 15.4. The lowest BCUT2D eigenvalue weighted by Crippen LogP contribution is -2.48. The maximum Gasteiger partial charge on any atom is 0.417 e. The van der Waals surface area contributed by atoms with Crippen molar-refractivity contribution in [1.29, 1.82) is 5.26 Å². The van der Waals surface area contributed by atoms with Crippen LogP contribution in [0.25, 0.3) is 22.0 Å². The second kappa shape index (κ2) is 8.95. The number of nitriles is 1. The maximum absolute atomic E-state index is 15.4. The predicted octanol–water partition coefficient (Wildman–Crippen LogP) is 5.42. The third-order valence-electron chi connectivity index (χ3n) is 5.73. The molecule has 10 heteroatoms. The lowest BCUT2D eigenvalue weighted by atomic mass is 9.96. The molecule has 174 valence electrons. The fourth-order valence-corrected chi connectivity index (χ4v) is 4.49. The number of carbonyl (C=O) groups excluding carboxylic acids is 1. The van der Waals surface area contributed by atoms with Gasteiger partial charge in [-0.25, -0.2) is 4.39 Å². The van der Waals surface area contributed by atoms with E-state index in [2.05, 4.69) is 11.6 Å². The lowest BCUT2D eigenvalue weighted by molar-refractivity contribution is -0.137.